The number of anilines is 1. The molecular weight excluding hydrogens is 426 g/mol. The highest BCUT2D eigenvalue weighted by Gasteiger charge is 2.62. The number of nitrogen functional groups attached to an aromatic ring is 1. The zero-order chi connectivity index (χ0) is 23.5. The molecule has 32 heavy (non-hydrogen) atoms. The van der Waals surface area contributed by atoms with Crippen LogP contribution in [0.3, 0.4) is 0 Å². The average Bonchev–Trinajstić information content (AvgIpc) is 3.28. The number of rotatable bonds is 6. The summed E-state index contributed by atoms with van der Waals surface area (Å²) in [6, 6.07) is 5.06. The van der Waals surface area contributed by atoms with Crippen molar-refractivity contribution in [2.24, 2.45) is 0 Å². The highest BCUT2D eigenvalue weighted by atomic mass is 16.7. The molecule has 170 valence electrons. The van der Waals surface area contributed by atoms with Crippen molar-refractivity contribution in [3.05, 3.63) is 24.2 Å². The van der Waals surface area contributed by atoms with E-state index in [1.807, 2.05) is 6.07 Å². The molecule has 3 heterocycles. The van der Waals surface area contributed by atoms with E-state index in [0.717, 1.165) is 13.8 Å². The van der Waals surface area contributed by atoms with Gasteiger partial charge in [-0.2, -0.15) is 10.4 Å². The molecule has 1 saturated heterocycles. The van der Waals surface area contributed by atoms with Crippen molar-refractivity contribution in [3.8, 4) is 6.07 Å². The Balaban J connectivity index is 2.10. The standard InChI is InChI=1S/C19H21N5O8/c1-4-28-18(27)29-7-13-15(30-10(2)25)16(31-11(3)26)19(8-20,32-13)14-6-5-12-17(21)22-9-23-24(12)14/h5-6,9,13,15-16H,4,7H2,1-3H3,(H2,21,22,23)/t13-,15-,16-,19+/m1/s1. The summed E-state index contributed by atoms with van der Waals surface area (Å²) in [6.07, 6.45) is -3.67. The molecule has 0 saturated carbocycles. The summed E-state index contributed by atoms with van der Waals surface area (Å²) in [4.78, 5) is 39.2. The van der Waals surface area contributed by atoms with E-state index < -0.39 is 48.6 Å². The Morgan fingerprint density at radius 3 is 2.59 bits per heavy atom. The molecule has 0 unspecified atom stereocenters. The predicted molar refractivity (Wildman–Crippen MR) is 104 cm³/mol. The second kappa shape index (κ2) is 9.06. The molecule has 2 N–H and O–H groups in total. The SMILES string of the molecule is CCOC(=O)OC[C@H]1O[C@@](C#N)(c2ccc3c(N)ncnn23)[C@H](OC(C)=O)[C@@H]1OC(C)=O. The van der Waals surface area contributed by atoms with Crippen molar-refractivity contribution in [2.45, 2.75) is 44.7 Å². The average molecular weight is 447 g/mol. The van der Waals surface area contributed by atoms with Gasteiger partial charge in [-0.05, 0) is 19.1 Å². The number of hydrogen-bond donors (Lipinski definition) is 1. The zero-order valence-corrected chi connectivity index (χ0v) is 17.5. The number of carbonyl (C=O) groups excluding carboxylic acids is 3. The second-order valence-electron chi connectivity index (χ2n) is 6.76. The van der Waals surface area contributed by atoms with Crippen LogP contribution in [0.25, 0.3) is 5.52 Å². The Morgan fingerprint density at radius 2 is 1.97 bits per heavy atom. The summed E-state index contributed by atoms with van der Waals surface area (Å²) in [6.45, 7) is 3.50. The van der Waals surface area contributed by atoms with E-state index in [1.54, 1.807) is 13.0 Å². The van der Waals surface area contributed by atoms with Gasteiger partial charge in [-0.15, -0.1) is 0 Å². The van der Waals surface area contributed by atoms with Crippen LogP contribution in [0.2, 0.25) is 0 Å². The highest BCUT2D eigenvalue weighted by molar-refractivity contribution is 5.69. The first kappa shape index (κ1) is 22.8. The fraction of sp³-hybridized carbons (Fsp3) is 0.474. The topological polar surface area (TPSA) is 177 Å². The van der Waals surface area contributed by atoms with Crippen LogP contribution in [0.4, 0.5) is 10.6 Å². The fourth-order valence-corrected chi connectivity index (χ4v) is 3.48. The van der Waals surface area contributed by atoms with E-state index >= 15 is 0 Å². The van der Waals surface area contributed by atoms with Gasteiger partial charge < -0.3 is 29.4 Å². The van der Waals surface area contributed by atoms with Gasteiger partial charge in [0.15, 0.2) is 18.0 Å². The molecule has 0 aliphatic carbocycles. The van der Waals surface area contributed by atoms with E-state index in [1.165, 1.54) is 16.9 Å². The number of nitrogens with zero attached hydrogens (tertiary/aromatic N) is 4. The molecule has 2 aromatic heterocycles. The number of esters is 2. The van der Waals surface area contributed by atoms with Crippen molar-refractivity contribution < 1.29 is 38.1 Å². The Labute approximate surface area is 181 Å². The third kappa shape index (κ3) is 4.12. The van der Waals surface area contributed by atoms with Crippen molar-refractivity contribution in [1.29, 1.82) is 5.26 Å². The van der Waals surface area contributed by atoms with Crippen LogP contribution < -0.4 is 5.73 Å². The number of nitriles is 1. The molecule has 0 bridgehead atoms. The third-order valence-corrected chi connectivity index (χ3v) is 4.65. The van der Waals surface area contributed by atoms with Gasteiger partial charge in [0.2, 0.25) is 5.60 Å². The molecule has 2 aromatic rings. The van der Waals surface area contributed by atoms with Gasteiger partial charge in [0.05, 0.1) is 12.3 Å². The second-order valence-corrected chi connectivity index (χ2v) is 6.76. The molecule has 0 radical (unpaired) electrons. The van der Waals surface area contributed by atoms with E-state index in [9.17, 15) is 19.6 Å². The van der Waals surface area contributed by atoms with Crippen molar-refractivity contribution in [1.82, 2.24) is 14.6 Å². The van der Waals surface area contributed by atoms with Crippen molar-refractivity contribution >= 4 is 29.4 Å². The van der Waals surface area contributed by atoms with Gasteiger partial charge in [-0.1, -0.05) is 0 Å². The molecule has 4 atom stereocenters. The van der Waals surface area contributed by atoms with E-state index in [0.29, 0.717) is 5.52 Å². The number of ether oxygens (including phenoxy) is 5. The van der Waals surface area contributed by atoms with Gasteiger partial charge in [-0.3, -0.25) is 9.59 Å². The molecule has 1 aliphatic heterocycles. The number of aromatic nitrogens is 3. The Morgan fingerprint density at radius 1 is 1.25 bits per heavy atom. The maximum Gasteiger partial charge on any atom is 0.508 e. The number of fused-ring (bicyclic) bond motifs is 1. The lowest BCUT2D eigenvalue weighted by Gasteiger charge is -2.28. The molecule has 0 amide bonds. The minimum atomic E-state index is -1.98. The number of carbonyl (C=O) groups is 3. The first-order valence-electron chi connectivity index (χ1n) is 9.55. The first-order chi connectivity index (χ1) is 15.2. The third-order valence-electron chi connectivity index (χ3n) is 4.65. The lowest BCUT2D eigenvalue weighted by atomic mass is 9.92. The van der Waals surface area contributed by atoms with E-state index in [2.05, 4.69) is 10.1 Å². The predicted octanol–water partition coefficient (Wildman–Crippen LogP) is 0.466. The summed E-state index contributed by atoms with van der Waals surface area (Å²) < 4.78 is 27.7. The molecule has 0 aromatic carbocycles. The van der Waals surface area contributed by atoms with Crippen molar-refractivity contribution in [2.75, 3.05) is 18.9 Å². The van der Waals surface area contributed by atoms with Gasteiger partial charge in [0.25, 0.3) is 0 Å². The van der Waals surface area contributed by atoms with Crippen LogP contribution in [0.1, 0.15) is 26.5 Å². The van der Waals surface area contributed by atoms with Crippen LogP contribution in [0.5, 0.6) is 0 Å². The van der Waals surface area contributed by atoms with Crippen LogP contribution in [-0.4, -0.2) is 64.2 Å². The Kier molecular flexibility index (Phi) is 6.45. The zero-order valence-electron chi connectivity index (χ0n) is 17.5. The lowest BCUT2D eigenvalue weighted by molar-refractivity contribution is -0.166. The monoisotopic (exact) mass is 447 g/mol. The lowest BCUT2D eigenvalue weighted by Crippen LogP contribution is -2.45. The largest absolute Gasteiger partial charge is 0.508 e. The quantitative estimate of drug-likeness (QED) is 0.479. The maximum atomic E-state index is 11.9. The highest BCUT2D eigenvalue weighted by Crippen LogP contribution is 2.43. The van der Waals surface area contributed by atoms with Gasteiger partial charge >= 0.3 is 18.1 Å². The van der Waals surface area contributed by atoms with Gasteiger partial charge in [-0.25, -0.2) is 14.3 Å². The van der Waals surface area contributed by atoms with Gasteiger partial charge in [0, 0.05) is 13.8 Å². The van der Waals surface area contributed by atoms with Crippen LogP contribution in [0.15, 0.2) is 18.5 Å². The van der Waals surface area contributed by atoms with Crippen LogP contribution >= 0.6 is 0 Å². The van der Waals surface area contributed by atoms with Crippen LogP contribution in [0, 0.1) is 11.3 Å². The van der Waals surface area contributed by atoms with Crippen LogP contribution in [-0.2, 0) is 38.9 Å². The molecule has 13 nitrogen and oxygen atoms in total. The summed E-state index contributed by atoms with van der Waals surface area (Å²) in [7, 11) is 0. The molecule has 13 heteroatoms. The summed E-state index contributed by atoms with van der Waals surface area (Å²) >= 11 is 0. The fourth-order valence-electron chi connectivity index (χ4n) is 3.48. The smallest absolute Gasteiger partial charge is 0.455 e. The minimum Gasteiger partial charge on any atom is -0.455 e. The maximum absolute atomic E-state index is 11.9. The number of nitrogens with two attached hydrogens (primary N) is 1. The van der Waals surface area contributed by atoms with E-state index in [4.69, 9.17) is 29.4 Å². The molecular formula is C19H21N5O8. The Bertz CT molecular complexity index is 1080. The van der Waals surface area contributed by atoms with E-state index in [-0.39, 0.29) is 18.1 Å². The minimum absolute atomic E-state index is 0.0766. The van der Waals surface area contributed by atoms with Gasteiger partial charge in [0.1, 0.15) is 30.6 Å². The number of hydrogen-bond acceptors (Lipinski definition) is 12. The molecule has 0 spiro atoms. The Hall–Kier alpha value is -3.92. The first-order valence-corrected chi connectivity index (χ1v) is 9.55. The molecule has 1 fully saturated rings. The van der Waals surface area contributed by atoms with Crippen molar-refractivity contribution in [3.63, 3.8) is 0 Å². The normalized spacial score (nSPS) is 24.5. The summed E-state index contributed by atoms with van der Waals surface area (Å²) in [5, 5.41) is 14.3. The summed E-state index contributed by atoms with van der Waals surface area (Å²) in [5.74, 6) is -1.34. The summed E-state index contributed by atoms with van der Waals surface area (Å²) in [5.41, 5.74) is 4.41. The molecule has 3 rings (SSSR count). The molecule has 1 aliphatic rings.